The Morgan fingerprint density at radius 2 is 2.17 bits per heavy atom. The Morgan fingerprint density at radius 3 is 2.89 bits per heavy atom. The highest BCUT2D eigenvalue weighted by Crippen LogP contribution is 2.25. The number of likely N-dealkylation sites (tertiary alicyclic amines) is 1. The molecule has 2 nitrogen and oxygen atoms in total. The molecule has 0 aromatic heterocycles. The van der Waals surface area contributed by atoms with Crippen LogP contribution in [0.1, 0.15) is 25.3 Å². The van der Waals surface area contributed by atoms with Gasteiger partial charge in [0, 0.05) is 18.2 Å². The van der Waals surface area contributed by atoms with Crippen LogP contribution >= 0.6 is 0 Å². The van der Waals surface area contributed by atoms with E-state index in [1.807, 2.05) is 4.90 Å². The largest absolute Gasteiger partial charge is 0.395 e. The molecular weight excluding hydrogens is 236 g/mol. The molecule has 2 atom stereocenters. The van der Waals surface area contributed by atoms with E-state index in [1.165, 1.54) is 6.07 Å². The van der Waals surface area contributed by atoms with Gasteiger partial charge < -0.3 is 5.11 Å². The van der Waals surface area contributed by atoms with Gasteiger partial charge in [-0.25, -0.2) is 8.78 Å². The predicted molar refractivity (Wildman–Crippen MR) is 66.0 cm³/mol. The molecule has 1 aliphatic rings. The number of rotatable bonds is 3. The van der Waals surface area contributed by atoms with Crippen LogP contribution in [0.25, 0.3) is 0 Å². The summed E-state index contributed by atoms with van der Waals surface area (Å²) in [5.74, 6) is -1.19. The minimum absolute atomic E-state index is 0.0430. The lowest BCUT2D eigenvalue weighted by Gasteiger charge is -2.39. The molecule has 1 heterocycles. The van der Waals surface area contributed by atoms with Gasteiger partial charge in [0.1, 0.15) is 0 Å². The molecule has 0 aliphatic carbocycles. The van der Waals surface area contributed by atoms with Crippen molar-refractivity contribution in [1.82, 2.24) is 4.90 Å². The lowest BCUT2D eigenvalue weighted by atomic mass is 9.91. The maximum Gasteiger partial charge on any atom is 0.163 e. The standard InChI is InChI=1S/C14H19F2NO/c1-10-4-3-7-17(13(10)9-18)8-11-5-2-6-12(15)14(11)16/h2,5-6,10,13,18H,3-4,7-9H2,1H3. The van der Waals surface area contributed by atoms with Crippen LogP contribution in [-0.2, 0) is 6.54 Å². The van der Waals surface area contributed by atoms with Crippen molar-refractivity contribution in [2.24, 2.45) is 5.92 Å². The third-order valence-corrected chi connectivity index (χ3v) is 3.82. The first-order chi connectivity index (χ1) is 8.63. The Kier molecular flexibility index (Phi) is 4.30. The molecule has 0 radical (unpaired) electrons. The monoisotopic (exact) mass is 255 g/mol. The van der Waals surface area contributed by atoms with Crippen molar-refractivity contribution in [3.05, 3.63) is 35.4 Å². The average molecular weight is 255 g/mol. The number of piperidine rings is 1. The van der Waals surface area contributed by atoms with E-state index in [-0.39, 0.29) is 12.6 Å². The highest BCUT2D eigenvalue weighted by molar-refractivity contribution is 5.19. The van der Waals surface area contributed by atoms with Gasteiger partial charge >= 0.3 is 0 Å². The highest BCUT2D eigenvalue weighted by atomic mass is 19.2. The van der Waals surface area contributed by atoms with E-state index in [9.17, 15) is 13.9 Å². The summed E-state index contributed by atoms with van der Waals surface area (Å²) in [4.78, 5) is 2.05. The van der Waals surface area contributed by atoms with Crippen LogP contribution < -0.4 is 0 Å². The fourth-order valence-electron chi connectivity index (χ4n) is 2.72. The predicted octanol–water partition coefficient (Wildman–Crippen LogP) is 2.56. The molecule has 1 saturated heterocycles. The van der Waals surface area contributed by atoms with Gasteiger partial charge in [-0.3, -0.25) is 4.90 Å². The normalized spacial score (nSPS) is 25.3. The molecule has 1 aliphatic heterocycles. The Labute approximate surface area is 106 Å². The second kappa shape index (κ2) is 5.76. The Bertz CT molecular complexity index is 411. The summed E-state index contributed by atoms with van der Waals surface area (Å²) in [7, 11) is 0. The third kappa shape index (κ3) is 2.70. The van der Waals surface area contributed by atoms with Gasteiger partial charge in [-0.1, -0.05) is 19.1 Å². The molecular formula is C14H19F2NO. The molecule has 2 unspecified atom stereocenters. The van der Waals surface area contributed by atoms with Crippen LogP contribution in [0.5, 0.6) is 0 Å². The van der Waals surface area contributed by atoms with E-state index >= 15 is 0 Å². The van der Waals surface area contributed by atoms with Crippen molar-refractivity contribution in [2.45, 2.75) is 32.4 Å². The van der Waals surface area contributed by atoms with E-state index in [0.717, 1.165) is 25.5 Å². The maximum absolute atomic E-state index is 13.6. The van der Waals surface area contributed by atoms with Crippen molar-refractivity contribution in [3.8, 4) is 0 Å². The highest BCUT2D eigenvalue weighted by Gasteiger charge is 2.28. The number of benzene rings is 1. The first-order valence-electron chi connectivity index (χ1n) is 6.41. The van der Waals surface area contributed by atoms with Crippen LogP contribution in [0.4, 0.5) is 8.78 Å². The minimum Gasteiger partial charge on any atom is -0.395 e. The summed E-state index contributed by atoms with van der Waals surface area (Å²) in [5.41, 5.74) is 0.363. The second-order valence-corrected chi connectivity index (χ2v) is 5.05. The van der Waals surface area contributed by atoms with Gasteiger partial charge in [-0.15, -0.1) is 0 Å². The van der Waals surface area contributed by atoms with Gasteiger partial charge in [0.15, 0.2) is 11.6 Å². The summed E-state index contributed by atoms with van der Waals surface area (Å²) in [6.07, 6.45) is 2.11. The Balaban J connectivity index is 2.14. The van der Waals surface area contributed by atoms with E-state index < -0.39 is 11.6 Å². The van der Waals surface area contributed by atoms with E-state index in [4.69, 9.17) is 0 Å². The molecule has 1 aromatic carbocycles. The molecule has 1 N–H and O–H groups in total. The van der Waals surface area contributed by atoms with Gasteiger partial charge in [0.2, 0.25) is 0 Å². The number of hydrogen-bond donors (Lipinski definition) is 1. The molecule has 1 aromatic rings. The molecule has 100 valence electrons. The fraction of sp³-hybridized carbons (Fsp3) is 0.571. The van der Waals surface area contributed by atoms with Gasteiger partial charge in [-0.05, 0) is 31.4 Å². The molecule has 0 spiro atoms. The number of halogens is 2. The van der Waals surface area contributed by atoms with Crippen molar-refractivity contribution >= 4 is 0 Å². The van der Waals surface area contributed by atoms with Crippen molar-refractivity contribution in [3.63, 3.8) is 0 Å². The van der Waals surface area contributed by atoms with Gasteiger partial charge in [0.05, 0.1) is 6.61 Å². The van der Waals surface area contributed by atoms with E-state index in [1.54, 1.807) is 6.07 Å². The maximum atomic E-state index is 13.6. The quantitative estimate of drug-likeness (QED) is 0.897. The Morgan fingerprint density at radius 1 is 1.39 bits per heavy atom. The van der Waals surface area contributed by atoms with Gasteiger partial charge in [-0.2, -0.15) is 0 Å². The van der Waals surface area contributed by atoms with Crippen LogP contribution in [0, 0.1) is 17.6 Å². The lowest BCUT2D eigenvalue weighted by Crippen LogP contribution is -2.46. The molecule has 4 heteroatoms. The minimum atomic E-state index is -0.807. The van der Waals surface area contributed by atoms with Gasteiger partial charge in [0.25, 0.3) is 0 Å². The number of nitrogens with zero attached hydrogens (tertiary/aromatic N) is 1. The molecule has 0 saturated carbocycles. The summed E-state index contributed by atoms with van der Waals surface area (Å²) < 4.78 is 26.8. The SMILES string of the molecule is CC1CCCN(Cc2cccc(F)c2F)C1CO. The zero-order valence-corrected chi connectivity index (χ0v) is 10.6. The summed E-state index contributed by atoms with van der Waals surface area (Å²) in [6, 6.07) is 4.30. The van der Waals surface area contributed by atoms with E-state index in [0.29, 0.717) is 18.0 Å². The number of hydrogen-bond acceptors (Lipinski definition) is 2. The molecule has 1 fully saturated rings. The van der Waals surface area contributed by atoms with Crippen molar-refractivity contribution in [2.75, 3.05) is 13.2 Å². The average Bonchev–Trinajstić information content (AvgIpc) is 2.35. The van der Waals surface area contributed by atoms with Crippen LogP contribution in [0.3, 0.4) is 0 Å². The van der Waals surface area contributed by atoms with Crippen LogP contribution in [0.2, 0.25) is 0 Å². The Hall–Kier alpha value is -1.00. The smallest absolute Gasteiger partial charge is 0.163 e. The molecule has 2 rings (SSSR count). The van der Waals surface area contributed by atoms with Crippen LogP contribution in [0.15, 0.2) is 18.2 Å². The molecule has 0 bridgehead atoms. The lowest BCUT2D eigenvalue weighted by molar-refractivity contribution is 0.0464. The van der Waals surface area contributed by atoms with Crippen LogP contribution in [-0.4, -0.2) is 29.2 Å². The van der Waals surface area contributed by atoms with Crippen molar-refractivity contribution < 1.29 is 13.9 Å². The first-order valence-corrected chi connectivity index (χ1v) is 6.41. The summed E-state index contributed by atoms with van der Waals surface area (Å²) in [6.45, 7) is 3.35. The number of aliphatic hydroxyl groups excluding tert-OH is 1. The zero-order valence-electron chi connectivity index (χ0n) is 10.6. The number of aliphatic hydroxyl groups is 1. The summed E-state index contributed by atoms with van der Waals surface area (Å²) in [5, 5.41) is 9.42. The molecule has 0 amide bonds. The van der Waals surface area contributed by atoms with Crippen molar-refractivity contribution in [1.29, 1.82) is 0 Å². The third-order valence-electron chi connectivity index (χ3n) is 3.82. The second-order valence-electron chi connectivity index (χ2n) is 5.05. The fourth-order valence-corrected chi connectivity index (χ4v) is 2.72. The molecule has 18 heavy (non-hydrogen) atoms. The topological polar surface area (TPSA) is 23.5 Å². The zero-order chi connectivity index (χ0) is 13.1. The first kappa shape index (κ1) is 13.4. The van der Waals surface area contributed by atoms with E-state index in [2.05, 4.69) is 6.92 Å². The summed E-state index contributed by atoms with van der Waals surface area (Å²) >= 11 is 0.